The van der Waals surface area contributed by atoms with Gasteiger partial charge in [-0.2, -0.15) is 6.92 Å². The molecule has 0 N–H and O–H groups in total. The quantitative estimate of drug-likeness (QED) is 0.743. The molecule has 0 amide bonds. The Bertz CT molecular complexity index is 201. The zero-order valence-electron chi connectivity index (χ0n) is 11.1. The smallest absolute Gasteiger partial charge is 0.0147 e. The molecular weight excluding hydrogens is 263 g/mol. The monoisotopic (exact) mass is 286 g/mol. The van der Waals surface area contributed by atoms with Crippen molar-refractivity contribution in [2.45, 2.75) is 54.0 Å². The van der Waals surface area contributed by atoms with Crippen molar-refractivity contribution in [3.63, 3.8) is 0 Å². The van der Waals surface area contributed by atoms with Crippen molar-refractivity contribution in [2.75, 3.05) is 0 Å². The first-order valence-electron chi connectivity index (χ1n) is 5.06. The molecule has 0 aliphatic carbocycles. The Morgan fingerprint density at radius 3 is 1.67 bits per heavy atom. The van der Waals surface area contributed by atoms with Crippen molar-refractivity contribution in [3.05, 3.63) is 13.1 Å². The number of Topliss-reactive ketones (excluding diaryl/α,β-unsaturated/α-hetero) is 1. The molecule has 3 heteroatoms. The normalized spacial score (nSPS) is 12.3. The van der Waals surface area contributed by atoms with Crippen LogP contribution in [0.5, 0.6) is 0 Å². The maximum atomic E-state index is 11.8. The van der Waals surface area contributed by atoms with Crippen LogP contribution < -0.4 is 0 Å². The largest absolute Gasteiger partial charge is 0.581 e. The van der Waals surface area contributed by atoms with Crippen LogP contribution in [0.2, 0.25) is 0 Å². The van der Waals surface area contributed by atoms with Crippen LogP contribution in [0.4, 0.5) is 0 Å². The Morgan fingerprint density at radius 2 is 1.47 bits per heavy atom. The van der Waals surface area contributed by atoms with Crippen molar-refractivity contribution in [1.29, 1.82) is 0 Å². The van der Waals surface area contributed by atoms with Gasteiger partial charge in [0.15, 0.2) is 0 Å². The number of carbonyl (C=O) groups is 1. The van der Waals surface area contributed by atoms with Gasteiger partial charge in [-0.1, -0.05) is 41.5 Å². The molecule has 0 bridgehead atoms. The van der Waals surface area contributed by atoms with Gasteiger partial charge >= 0.3 is 0 Å². The second kappa shape index (κ2) is 6.37. The second-order valence-electron chi connectivity index (χ2n) is 5.58. The molecule has 2 nitrogen and oxygen atoms in total. The van der Waals surface area contributed by atoms with E-state index in [9.17, 15) is 4.79 Å². The molecule has 15 heavy (non-hydrogen) atoms. The summed E-state index contributed by atoms with van der Waals surface area (Å²) in [4.78, 5) is 13.7. The fraction of sp³-hybridized carbons (Fsp3) is 0.750. The summed E-state index contributed by atoms with van der Waals surface area (Å²) in [6.07, 6.45) is 0. The second-order valence-corrected chi connectivity index (χ2v) is 5.58. The zero-order valence-corrected chi connectivity index (χ0v) is 13.9. The summed E-state index contributed by atoms with van der Waals surface area (Å²) in [6, 6.07) is 0. The van der Waals surface area contributed by atoms with Gasteiger partial charge in [0.25, 0.3) is 0 Å². The van der Waals surface area contributed by atoms with Crippen molar-refractivity contribution in [3.8, 4) is 0 Å². The Balaban J connectivity index is 0. The predicted molar refractivity (Wildman–Crippen MR) is 60.3 cm³/mol. The molecule has 0 atom stereocenters. The molecule has 0 spiro atoms. The molecule has 0 fully saturated rings. The van der Waals surface area contributed by atoms with Crippen LogP contribution in [0.15, 0.2) is 0 Å². The van der Waals surface area contributed by atoms with Gasteiger partial charge in [0.2, 0.25) is 0 Å². The Labute approximate surface area is 120 Å². The van der Waals surface area contributed by atoms with Gasteiger partial charge in [-0.15, -0.1) is 0 Å². The van der Waals surface area contributed by atoms with Gasteiger partial charge in [0.1, 0.15) is 0 Å². The molecule has 0 rings (SSSR count). The van der Waals surface area contributed by atoms with Gasteiger partial charge in [0, 0.05) is 38.5 Å². The molecule has 0 aliphatic heterocycles. The molecular formula is C12H23NOY-2. The van der Waals surface area contributed by atoms with E-state index in [2.05, 4.69) is 20.8 Å². The maximum absolute atomic E-state index is 11.8. The number of carbonyl (C=O) groups excluding carboxylic acids is 1. The molecule has 0 aromatic heterocycles. The molecule has 0 aromatic carbocycles. The molecule has 1 radical (unpaired) electrons. The van der Waals surface area contributed by atoms with Crippen molar-refractivity contribution in [2.24, 2.45) is 5.41 Å². The fourth-order valence-electron chi connectivity index (χ4n) is 0.975. The minimum atomic E-state index is -0.299. The first-order valence-corrected chi connectivity index (χ1v) is 5.06. The third kappa shape index (κ3) is 6.70. The van der Waals surface area contributed by atoms with Gasteiger partial charge < -0.3 is 9.69 Å². The van der Waals surface area contributed by atoms with Crippen LogP contribution in [0.3, 0.4) is 0 Å². The van der Waals surface area contributed by atoms with Crippen LogP contribution in [0, 0.1) is 18.5 Å². The van der Waals surface area contributed by atoms with Gasteiger partial charge in [-0.05, 0) is 11.0 Å². The van der Waals surface area contributed by atoms with Crippen LogP contribution in [-0.4, -0.2) is 16.2 Å². The minimum absolute atomic E-state index is 0. The van der Waals surface area contributed by atoms with E-state index in [-0.39, 0.29) is 49.4 Å². The summed E-state index contributed by atoms with van der Waals surface area (Å²) in [5.41, 5.74) is -0.331. The molecule has 87 valence electrons. The number of hydrogen-bond acceptors (Lipinski definition) is 2. The van der Waals surface area contributed by atoms with Crippen molar-refractivity contribution >= 4 is 5.78 Å². The number of ketones is 1. The van der Waals surface area contributed by atoms with Crippen LogP contribution in [0.25, 0.3) is 0 Å². The van der Waals surface area contributed by atoms with E-state index >= 15 is 0 Å². The summed E-state index contributed by atoms with van der Waals surface area (Å²) in [6.45, 7) is 17.6. The standard InChI is InChI=1S/C12H23NO.Y/c1-8-13(12(5,6)7)9-10(14)11(2,3)4;/h8-9H,1-7H3;/q-2;. The zero-order chi connectivity index (χ0) is 11.6. The van der Waals surface area contributed by atoms with Gasteiger partial charge in [0.05, 0.1) is 0 Å². The van der Waals surface area contributed by atoms with Crippen LogP contribution in [0.1, 0.15) is 48.5 Å². The third-order valence-corrected chi connectivity index (χ3v) is 2.05. The average molecular weight is 286 g/mol. The van der Waals surface area contributed by atoms with Crippen LogP contribution >= 0.6 is 0 Å². The van der Waals surface area contributed by atoms with Crippen molar-refractivity contribution in [1.82, 2.24) is 4.90 Å². The molecule has 0 saturated carbocycles. The van der Waals surface area contributed by atoms with Gasteiger partial charge in [-0.3, -0.25) is 13.1 Å². The number of hydrogen-bond donors (Lipinski definition) is 0. The average Bonchev–Trinajstić information content (AvgIpc) is 1.95. The minimum Gasteiger partial charge on any atom is -0.581 e. The summed E-state index contributed by atoms with van der Waals surface area (Å²) >= 11 is 0. The first-order chi connectivity index (χ1) is 6.09. The maximum Gasteiger partial charge on any atom is 0.0147 e. The number of rotatable bonds is 3. The van der Waals surface area contributed by atoms with E-state index in [0.717, 1.165) is 0 Å². The number of nitrogens with zero attached hydrogens (tertiary/aromatic N) is 1. The van der Waals surface area contributed by atoms with Crippen molar-refractivity contribution < 1.29 is 37.5 Å². The molecule has 0 saturated heterocycles. The Hall–Kier alpha value is 0.604. The molecule has 0 heterocycles. The van der Waals surface area contributed by atoms with E-state index in [0.29, 0.717) is 0 Å². The summed E-state index contributed by atoms with van der Waals surface area (Å²) in [5.74, 6) is 0.158. The topological polar surface area (TPSA) is 20.3 Å². The molecule has 0 aromatic rings. The summed E-state index contributed by atoms with van der Waals surface area (Å²) in [7, 11) is 0. The summed E-state index contributed by atoms with van der Waals surface area (Å²) in [5, 5.41) is 0. The van der Waals surface area contributed by atoms with E-state index in [1.54, 1.807) is 6.54 Å². The van der Waals surface area contributed by atoms with Gasteiger partial charge in [-0.25, -0.2) is 0 Å². The Morgan fingerprint density at radius 1 is 1.07 bits per heavy atom. The third-order valence-electron chi connectivity index (χ3n) is 2.05. The first kappa shape index (κ1) is 18.0. The SMILES string of the molecule is C[CH-]N([CH-]C(=O)C(C)(C)C)C(C)(C)C.[Y]. The van der Waals surface area contributed by atoms with E-state index in [1.807, 2.05) is 39.1 Å². The molecule has 0 aliphatic rings. The van der Waals surface area contributed by atoms with Crippen LogP contribution in [-0.2, 0) is 37.5 Å². The fourth-order valence-corrected chi connectivity index (χ4v) is 0.975. The van der Waals surface area contributed by atoms with E-state index in [1.165, 1.54) is 0 Å². The molecule has 0 unspecified atom stereocenters. The Kier molecular flexibility index (Phi) is 7.63. The summed E-state index contributed by atoms with van der Waals surface area (Å²) < 4.78 is 0. The predicted octanol–water partition coefficient (Wildman–Crippen LogP) is 3.04. The van der Waals surface area contributed by atoms with E-state index < -0.39 is 0 Å². The van der Waals surface area contributed by atoms with E-state index in [4.69, 9.17) is 0 Å².